The second-order valence-corrected chi connectivity index (χ2v) is 13.3. The summed E-state index contributed by atoms with van der Waals surface area (Å²) in [6, 6.07) is 0. The Balaban J connectivity index is 1.61. The summed E-state index contributed by atoms with van der Waals surface area (Å²) in [5, 5.41) is 11.8. The molecule has 9 heteroatoms. The number of hydrogen-bond acceptors (Lipinski definition) is 7. The number of fused-ring (bicyclic) bond motifs is 7. The molecule has 0 aromatic heterocycles. The molecule has 5 rings (SSSR count). The van der Waals surface area contributed by atoms with Crippen LogP contribution in [0.2, 0.25) is 0 Å². The molecule has 35 heavy (non-hydrogen) atoms. The summed E-state index contributed by atoms with van der Waals surface area (Å²) in [4.78, 5) is 37.4. The predicted octanol–water partition coefficient (Wildman–Crippen LogP) is 3.59. The standard InChI is InChI=1S/C26H34BrFO7/c1-13(29)33-12-20(32)26-21(34-22(2,3)35-26)10-15-16-9-18(28)17-8-14(30)6-7-23(17,4)25(16,27)19(31)11-24(15,26)5/h8,15-16,18-19,21,31H,6-7,9-12H2,1-5H3/t15-,16-,18-,19-,21+,23-,24-,25-,26+/m0/s1. The van der Waals surface area contributed by atoms with Crippen molar-refractivity contribution in [2.75, 3.05) is 6.61 Å². The maximum atomic E-state index is 15.8. The Morgan fingerprint density at radius 1 is 1.23 bits per heavy atom. The van der Waals surface area contributed by atoms with Crippen LogP contribution in [-0.4, -0.2) is 63.3 Å². The molecule has 0 radical (unpaired) electrons. The number of alkyl halides is 2. The van der Waals surface area contributed by atoms with Gasteiger partial charge in [0.1, 0.15) is 6.17 Å². The van der Waals surface area contributed by atoms with Gasteiger partial charge in [-0.3, -0.25) is 14.4 Å². The van der Waals surface area contributed by atoms with Gasteiger partial charge in [-0.05, 0) is 63.0 Å². The number of esters is 1. The molecule has 0 unspecified atom stereocenters. The van der Waals surface area contributed by atoms with E-state index >= 15 is 4.39 Å². The summed E-state index contributed by atoms with van der Waals surface area (Å²) in [6.45, 7) is 8.15. The summed E-state index contributed by atoms with van der Waals surface area (Å²) in [6.07, 6.45) is 0.112. The van der Waals surface area contributed by atoms with Crippen LogP contribution < -0.4 is 0 Å². The molecule has 1 N–H and O–H groups in total. The van der Waals surface area contributed by atoms with Crippen LogP contribution in [0, 0.1) is 22.7 Å². The third-order valence-electron chi connectivity index (χ3n) is 9.84. The molecule has 7 nitrogen and oxygen atoms in total. The van der Waals surface area contributed by atoms with E-state index in [1.54, 1.807) is 13.8 Å². The fourth-order valence-corrected chi connectivity index (χ4v) is 9.53. The number of ketones is 2. The summed E-state index contributed by atoms with van der Waals surface area (Å²) < 4.78 is 32.6. The minimum absolute atomic E-state index is 0.0840. The molecule has 9 atom stereocenters. The number of aliphatic hydroxyl groups is 1. The van der Waals surface area contributed by atoms with Crippen LogP contribution in [0.5, 0.6) is 0 Å². The van der Waals surface area contributed by atoms with Crippen molar-refractivity contribution in [3.8, 4) is 0 Å². The van der Waals surface area contributed by atoms with Crippen LogP contribution >= 0.6 is 15.9 Å². The summed E-state index contributed by atoms with van der Waals surface area (Å²) in [7, 11) is 0. The summed E-state index contributed by atoms with van der Waals surface area (Å²) >= 11 is 3.95. The van der Waals surface area contributed by atoms with Crippen molar-refractivity contribution >= 4 is 33.5 Å². The van der Waals surface area contributed by atoms with Gasteiger partial charge in [-0.15, -0.1) is 0 Å². The lowest BCUT2D eigenvalue weighted by atomic mass is 9.45. The van der Waals surface area contributed by atoms with Crippen LogP contribution in [0.25, 0.3) is 0 Å². The molecule has 0 spiro atoms. The van der Waals surface area contributed by atoms with Gasteiger partial charge in [0.25, 0.3) is 0 Å². The third-order valence-corrected chi connectivity index (χ3v) is 11.8. The Morgan fingerprint density at radius 2 is 1.91 bits per heavy atom. The molecule has 0 amide bonds. The minimum Gasteiger partial charge on any atom is -0.458 e. The van der Waals surface area contributed by atoms with Crippen LogP contribution in [0.15, 0.2) is 11.6 Å². The van der Waals surface area contributed by atoms with Gasteiger partial charge >= 0.3 is 5.97 Å². The summed E-state index contributed by atoms with van der Waals surface area (Å²) in [5.74, 6) is -2.63. The number of ether oxygens (including phenoxy) is 3. The minimum atomic E-state index is -1.43. The number of halogens is 2. The zero-order valence-corrected chi connectivity index (χ0v) is 22.4. The van der Waals surface area contributed by atoms with Crippen LogP contribution in [0.3, 0.4) is 0 Å². The van der Waals surface area contributed by atoms with E-state index < -0.39 is 63.3 Å². The van der Waals surface area contributed by atoms with Crippen molar-refractivity contribution in [1.82, 2.24) is 0 Å². The van der Waals surface area contributed by atoms with Gasteiger partial charge in [-0.25, -0.2) is 4.39 Å². The highest BCUT2D eigenvalue weighted by Crippen LogP contribution is 2.74. The van der Waals surface area contributed by atoms with Crippen molar-refractivity contribution in [2.24, 2.45) is 22.7 Å². The molecule has 0 bridgehead atoms. The Kier molecular flexibility index (Phi) is 5.59. The van der Waals surface area contributed by atoms with Gasteiger partial charge < -0.3 is 19.3 Å². The molecule has 1 saturated heterocycles. The normalized spacial score (nSPS) is 49.9. The number of carbonyl (C=O) groups is 3. The average Bonchev–Trinajstić information content (AvgIpc) is 3.16. The molecular formula is C26H34BrFO7. The maximum absolute atomic E-state index is 15.8. The van der Waals surface area contributed by atoms with Crippen LogP contribution in [0.4, 0.5) is 4.39 Å². The number of rotatable bonds is 3. The smallest absolute Gasteiger partial charge is 0.303 e. The lowest BCUT2D eigenvalue weighted by Gasteiger charge is -2.65. The maximum Gasteiger partial charge on any atom is 0.303 e. The molecule has 4 aliphatic carbocycles. The molecule has 5 aliphatic rings. The molecular weight excluding hydrogens is 523 g/mol. The quantitative estimate of drug-likeness (QED) is 0.419. The van der Waals surface area contributed by atoms with Crippen LogP contribution in [-0.2, 0) is 28.6 Å². The van der Waals surface area contributed by atoms with E-state index in [0.717, 1.165) is 0 Å². The number of aliphatic hydroxyl groups excluding tert-OH is 1. The highest BCUT2D eigenvalue weighted by molar-refractivity contribution is 9.10. The number of hydrogen-bond donors (Lipinski definition) is 1. The third kappa shape index (κ3) is 3.13. The van der Waals surface area contributed by atoms with Crippen molar-refractivity contribution in [2.45, 2.75) is 101 Å². The fraction of sp³-hybridized carbons (Fsp3) is 0.808. The van der Waals surface area contributed by atoms with Gasteiger partial charge in [0, 0.05) is 24.2 Å². The average molecular weight is 557 g/mol. The Bertz CT molecular complexity index is 1030. The second kappa shape index (κ2) is 7.68. The Morgan fingerprint density at radius 3 is 2.57 bits per heavy atom. The van der Waals surface area contributed by atoms with Crippen molar-refractivity contribution in [3.05, 3.63) is 11.6 Å². The predicted molar refractivity (Wildman–Crippen MR) is 126 cm³/mol. The molecule has 1 aliphatic heterocycles. The molecule has 194 valence electrons. The SMILES string of the molecule is CC(=O)OCC(=O)[C@@]12OC(C)(C)O[C@@H]1C[C@H]1[C@@H]3C[C@H](F)C4=CC(=O)CC[C@]4(C)[C@@]3(Br)[C@@H](O)C[C@@]12C. The van der Waals surface area contributed by atoms with Gasteiger partial charge in [0.2, 0.25) is 5.78 Å². The highest BCUT2D eigenvalue weighted by Gasteiger charge is 2.80. The molecule has 4 fully saturated rings. The first kappa shape index (κ1) is 25.5. The monoisotopic (exact) mass is 556 g/mol. The Labute approximate surface area is 213 Å². The van der Waals surface area contributed by atoms with E-state index in [0.29, 0.717) is 24.8 Å². The van der Waals surface area contributed by atoms with E-state index in [2.05, 4.69) is 15.9 Å². The van der Waals surface area contributed by atoms with E-state index in [-0.39, 0.29) is 30.5 Å². The van der Waals surface area contributed by atoms with Gasteiger partial charge in [0.15, 0.2) is 23.8 Å². The van der Waals surface area contributed by atoms with Gasteiger partial charge in [0.05, 0.1) is 16.5 Å². The molecule has 0 aromatic carbocycles. The Hall–Kier alpha value is -1.16. The number of Topliss-reactive ketones (excluding diaryl/α,β-unsaturated/α-hetero) is 1. The fourth-order valence-electron chi connectivity index (χ4n) is 8.43. The van der Waals surface area contributed by atoms with Crippen molar-refractivity contribution < 1.29 is 38.1 Å². The topological polar surface area (TPSA) is 99.1 Å². The van der Waals surface area contributed by atoms with Crippen LogP contribution in [0.1, 0.15) is 66.7 Å². The lowest BCUT2D eigenvalue weighted by molar-refractivity contribution is -0.224. The molecule has 0 aromatic rings. The summed E-state index contributed by atoms with van der Waals surface area (Å²) in [5.41, 5.74) is -2.61. The lowest BCUT2D eigenvalue weighted by Crippen LogP contribution is -2.70. The highest BCUT2D eigenvalue weighted by atomic mass is 79.9. The van der Waals surface area contributed by atoms with Gasteiger partial charge in [-0.1, -0.05) is 29.8 Å². The van der Waals surface area contributed by atoms with Crippen molar-refractivity contribution in [1.29, 1.82) is 0 Å². The first-order chi connectivity index (χ1) is 16.1. The first-order valence-corrected chi connectivity index (χ1v) is 13.2. The number of carbonyl (C=O) groups excluding carboxylic acids is 3. The first-order valence-electron chi connectivity index (χ1n) is 12.4. The number of allylic oxidation sites excluding steroid dienone is 1. The molecule has 3 saturated carbocycles. The zero-order chi connectivity index (χ0) is 25.8. The van der Waals surface area contributed by atoms with E-state index in [9.17, 15) is 19.5 Å². The second-order valence-electron chi connectivity index (χ2n) is 12.0. The largest absolute Gasteiger partial charge is 0.458 e. The zero-order valence-electron chi connectivity index (χ0n) is 20.9. The van der Waals surface area contributed by atoms with E-state index in [1.165, 1.54) is 13.0 Å². The molecule has 1 heterocycles. The van der Waals surface area contributed by atoms with Gasteiger partial charge in [-0.2, -0.15) is 0 Å². The van der Waals surface area contributed by atoms with E-state index in [4.69, 9.17) is 14.2 Å². The van der Waals surface area contributed by atoms with Crippen molar-refractivity contribution in [3.63, 3.8) is 0 Å². The van der Waals surface area contributed by atoms with E-state index in [1.807, 2.05) is 13.8 Å².